The molecule has 0 spiro atoms. The summed E-state index contributed by atoms with van der Waals surface area (Å²) in [5.74, 6) is 1.09. The number of allylic oxidation sites excluding steroid dienone is 1. The van der Waals surface area contributed by atoms with Gasteiger partial charge in [-0.2, -0.15) is 0 Å². The average Bonchev–Trinajstić information content (AvgIpc) is 4.00. The predicted octanol–water partition coefficient (Wildman–Crippen LogP) is 8.07. The number of rotatable bonds is 15. The van der Waals surface area contributed by atoms with Crippen molar-refractivity contribution in [2.45, 2.75) is 135 Å². The molecule has 3 heterocycles. The fourth-order valence-electron chi connectivity index (χ4n) is 5.68. The second-order valence-electron chi connectivity index (χ2n) is 14.2. The van der Waals surface area contributed by atoms with Gasteiger partial charge in [0.2, 0.25) is 12.3 Å². The molecule has 1 unspecified atom stereocenters. The minimum absolute atomic E-state index is 0.00389. The third-order valence-electron chi connectivity index (χ3n) is 9.37. The van der Waals surface area contributed by atoms with E-state index in [1.54, 1.807) is 42.4 Å². The molecule has 1 aliphatic heterocycles. The maximum Gasteiger partial charge on any atom is 0.252 e. The van der Waals surface area contributed by atoms with Crippen molar-refractivity contribution in [2.24, 2.45) is 0 Å². The zero-order valence-corrected chi connectivity index (χ0v) is 35.1. The van der Waals surface area contributed by atoms with Crippen LogP contribution in [0.1, 0.15) is 117 Å². The summed E-state index contributed by atoms with van der Waals surface area (Å²) in [4.78, 5) is 56.5. The summed E-state index contributed by atoms with van der Waals surface area (Å²) in [7, 11) is 1.63. The first-order valence-electron chi connectivity index (χ1n) is 19.3. The lowest BCUT2D eigenvalue weighted by molar-refractivity contribution is -0.147. The van der Waals surface area contributed by atoms with Gasteiger partial charge in [-0.15, -0.1) is 17.9 Å². The number of aryl methyl sites for hydroxylation is 1. The zero-order valence-electron chi connectivity index (χ0n) is 33.4. The van der Waals surface area contributed by atoms with Gasteiger partial charge in [0.05, 0.1) is 24.0 Å². The Morgan fingerprint density at radius 2 is 1.91 bits per heavy atom. The van der Waals surface area contributed by atoms with E-state index in [1.165, 1.54) is 24.8 Å². The van der Waals surface area contributed by atoms with Crippen molar-refractivity contribution in [1.29, 1.82) is 0 Å². The van der Waals surface area contributed by atoms with Gasteiger partial charge in [0, 0.05) is 46.3 Å². The van der Waals surface area contributed by atoms with Crippen molar-refractivity contribution < 1.29 is 23.9 Å². The monoisotopic (exact) mass is 783 g/mol. The molecule has 3 N–H and O–H groups in total. The highest BCUT2D eigenvalue weighted by atomic mass is 32.2. The predicted molar refractivity (Wildman–Crippen MR) is 222 cm³/mol. The van der Waals surface area contributed by atoms with Gasteiger partial charge in [-0.1, -0.05) is 33.8 Å². The molecule has 1 saturated heterocycles. The van der Waals surface area contributed by atoms with Crippen LogP contribution < -0.4 is 20.2 Å². The van der Waals surface area contributed by atoms with Crippen molar-refractivity contribution in [1.82, 2.24) is 24.9 Å². The third kappa shape index (κ3) is 13.3. The number of likely N-dealkylation sites (tertiary alicyclic amines) is 1. The van der Waals surface area contributed by atoms with Crippen LogP contribution in [0.3, 0.4) is 0 Å². The number of benzene rings is 1. The van der Waals surface area contributed by atoms with Gasteiger partial charge in [0.25, 0.3) is 5.91 Å². The molecule has 0 radical (unpaired) electrons. The molecule has 298 valence electrons. The lowest BCUT2D eigenvalue weighted by atomic mass is 10.1. The maximum atomic E-state index is 12.5. The van der Waals surface area contributed by atoms with Gasteiger partial charge in [-0.05, 0) is 109 Å². The number of ether oxygens (including phenoxy) is 2. The minimum Gasteiger partial charge on any atom is -0.496 e. The van der Waals surface area contributed by atoms with Crippen LogP contribution >= 0.6 is 23.3 Å². The topological polar surface area (TPSA) is 143 Å². The molecule has 2 aliphatic carbocycles. The molecule has 2 aromatic heterocycles. The minimum atomic E-state index is -0.474. The smallest absolute Gasteiger partial charge is 0.252 e. The molecule has 3 aliphatic rings. The maximum absolute atomic E-state index is 12.5. The summed E-state index contributed by atoms with van der Waals surface area (Å²) in [6.45, 7) is 19.0. The van der Waals surface area contributed by atoms with E-state index in [9.17, 15) is 19.2 Å². The molecule has 3 aromatic rings. The number of carbonyl (C=O) groups is 3. The summed E-state index contributed by atoms with van der Waals surface area (Å²) < 4.78 is 13.9. The lowest BCUT2D eigenvalue weighted by Crippen LogP contribution is -2.49. The van der Waals surface area contributed by atoms with Gasteiger partial charge in [0.1, 0.15) is 22.9 Å². The van der Waals surface area contributed by atoms with E-state index < -0.39 is 6.10 Å². The highest BCUT2D eigenvalue weighted by molar-refractivity contribution is 7.99. The molecule has 2 saturated carbocycles. The Kier molecular flexibility index (Phi) is 18.2. The van der Waals surface area contributed by atoms with Crippen LogP contribution in [0.15, 0.2) is 41.0 Å². The SMILES string of the molecule is C=CCCCCO[C@H](C)C(=O)N1CCCC1C(=O)NC1CC1.CC.CC1(SNC=O)CC1.COc1ccc2c(=O)cc(-c3nc(C(C)C)cs3)[nH]c2c1C. The number of methoxy groups -OCH3 is 1. The number of aromatic amines is 1. The van der Waals surface area contributed by atoms with Crippen molar-refractivity contribution in [3.8, 4) is 16.5 Å². The van der Waals surface area contributed by atoms with Crippen LogP contribution in [0, 0.1) is 6.92 Å². The Balaban J connectivity index is 0.000000233. The molecular weight excluding hydrogens is 723 g/mol. The number of nitrogens with one attached hydrogen (secondary N) is 3. The number of H-pyrrole nitrogens is 1. The Labute approximate surface area is 329 Å². The van der Waals surface area contributed by atoms with Gasteiger partial charge in [-0.3, -0.25) is 19.2 Å². The number of aromatic nitrogens is 2. The molecule has 3 amide bonds. The van der Waals surface area contributed by atoms with Gasteiger partial charge in [0.15, 0.2) is 5.43 Å². The van der Waals surface area contributed by atoms with E-state index in [0.29, 0.717) is 35.2 Å². The van der Waals surface area contributed by atoms with Crippen LogP contribution in [0.4, 0.5) is 0 Å². The Bertz CT molecular complexity index is 1730. The average molecular weight is 784 g/mol. The Morgan fingerprint density at radius 1 is 1.19 bits per heavy atom. The number of hydrogen-bond donors (Lipinski definition) is 3. The first-order valence-corrected chi connectivity index (χ1v) is 21.0. The fourth-order valence-corrected chi connectivity index (χ4v) is 7.27. The van der Waals surface area contributed by atoms with Crippen molar-refractivity contribution in [2.75, 3.05) is 20.3 Å². The number of pyridine rings is 1. The highest BCUT2D eigenvalue weighted by Gasteiger charge is 2.39. The number of amides is 3. The molecule has 54 heavy (non-hydrogen) atoms. The zero-order chi connectivity index (χ0) is 39.8. The Morgan fingerprint density at radius 3 is 2.50 bits per heavy atom. The van der Waals surface area contributed by atoms with E-state index in [2.05, 4.69) is 47.4 Å². The number of fused-ring (bicyclic) bond motifs is 1. The molecule has 0 bridgehead atoms. The summed E-state index contributed by atoms with van der Waals surface area (Å²) in [6.07, 6.45) is 11.3. The van der Waals surface area contributed by atoms with E-state index in [1.807, 2.05) is 38.3 Å². The number of hydrogen-bond acceptors (Lipinski definition) is 9. The van der Waals surface area contributed by atoms with E-state index in [0.717, 1.165) is 84.6 Å². The standard InChI is InChI=1S/C17H28N2O3.C17H18N2O2S.C5H9NOS.C2H6/c1-3-4-5-6-12-22-13(2)17(21)19-11-7-8-15(19)16(20)18-14-9-10-14;1-9(2)13-8-22-17(19-13)12-7-14(20)11-5-6-15(21-4)10(3)16(11)18-12;1-5(2-3-5)8-6-4-7;1-2/h3,13-15H,1,4-12H2,2H3,(H,18,20);5-9H,1-4H3,(H,18,20);4H,2-3H2,1H3,(H,6,7);1-2H3/t13-,15?;;;/m1.../s1. The lowest BCUT2D eigenvalue weighted by Gasteiger charge is -2.26. The van der Waals surface area contributed by atoms with Gasteiger partial charge < -0.3 is 29.4 Å². The van der Waals surface area contributed by atoms with E-state index >= 15 is 0 Å². The van der Waals surface area contributed by atoms with Crippen LogP contribution in [0.2, 0.25) is 0 Å². The second kappa shape index (κ2) is 22.0. The normalized spacial score (nSPS) is 17.1. The number of thiazole rings is 1. The number of nitrogens with zero attached hydrogens (tertiary/aromatic N) is 2. The van der Waals surface area contributed by atoms with Crippen LogP contribution in [0.5, 0.6) is 5.75 Å². The van der Waals surface area contributed by atoms with Crippen LogP contribution in [0.25, 0.3) is 21.6 Å². The summed E-state index contributed by atoms with van der Waals surface area (Å²) >= 11 is 3.08. The molecule has 11 nitrogen and oxygen atoms in total. The largest absolute Gasteiger partial charge is 0.496 e. The summed E-state index contributed by atoms with van der Waals surface area (Å²) in [5, 5.41) is 6.55. The Hall–Kier alpha value is -3.68. The van der Waals surface area contributed by atoms with Crippen molar-refractivity contribution >= 4 is 52.4 Å². The van der Waals surface area contributed by atoms with E-state index in [-0.39, 0.29) is 23.3 Å². The first-order chi connectivity index (χ1) is 25.9. The molecule has 2 atom stereocenters. The van der Waals surface area contributed by atoms with Crippen molar-refractivity contribution in [3.05, 3.63) is 57.7 Å². The van der Waals surface area contributed by atoms with Crippen LogP contribution in [-0.4, -0.2) is 76.3 Å². The second-order valence-corrected chi connectivity index (χ2v) is 16.4. The summed E-state index contributed by atoms with van der Waals surface area (Å²) in [6, 6.07) is 5.28. The molecule has 13 heteroatoms. The van der Waals surface area contributed by atoms with Gasteiger partial charge in [-0.25, -0.2) is 4.98 Å². The molecule has 1 aromatic carbocycles. The van der Waals surface area contributed by atoms with Gasteiger partial charge >= 0.3 is 0 Å². The quantitative estimate of drug-likeness (QED) is 0.0608. The number of unbranched alkanes of at least 4 members (excludes halogenated alkanes) is 2. The first kappa shape index (κ1) is 44.7. The van der Waals surface area contributed by atoms with Crippen molar-refractivity contribution in [3.63, 3.8) is 0 Å². The highest BCUT2D eigenvalue weighted by Crippen LogP contribution is 2.45. The summed E-state index contributed by atoms with van der Waals surface area (Å²) in [5.41, 5.74) is 3.53. The molecule has 6 rings (SSSR count). The third-order valence-corrected chi connectivity index (χ3v) is 11.4. The fraction of sp³-hybridized carbons (Fsp3) is 0.585. The van der Waals surface area contributed by atoms with Crippen LogP contribution in [-0.2, 0) is 19.1 Å². The van der Waals surface area contributed by atoms with E-state index in [4.69, 9.17) is 9.47 Å². The molecule has 3 fully saturated rings. The number of carbonyl (C=O) groups excluding carboxylic acids is 3. The molecular formula is C41H61N5O6S2.